The Morgan fingerprint density at radius 1 is 0.896 bits per heavy atom. The van der Waals surface area contributed by atoms with Gasteiger partial charge in [0.25, 0.3) is 5.56 Å². The van der Waals surface area contributed by atoms with Gasteiger partial charge in [0, 0.05) is 55.4 Å². The monoisotopic (exact) mass is 662 g/mol. The Kier molecular flexibility index (Phi) is 10.1. The molecule has 2 aliphatic heterocycles. The Balaban J connectivity index is 1.28. The van der Waals surface area contributed by atoms with Crippen LogP contribution in [0.1, 0.15) is 59.9 Å². The number of rotatable bonds is 9. The van der Waals surface area contributed by atoms with Crippen molar-refractivity contribution in [1.29, 1.82) is 0 Å². The van der Waals surface area contributed by atoms with Crippen molar-refractivity contribution in [3.63, 3.8) is 0 Å². The normalized spacial score (nSPS) is 16.4. The van der Waals surface area contributed by atoms with E-state index in [1.165, 1.54) is 18.5 Å². The molecule has 48 heavy (non-hydrogen) atoms. The molecule has 6 rings (SSSR count). The fraction of sp³-hybridized carbons (Fsp3) is 0.462. The quantitative estimate of drug-likeness (QED) is 0.145. The highest BCUT2D eigenvalue weighted by Crippen LogP contribution is 2.41. The summed E-state index contributed by atoms with van der Waals surface area (Å²) in [5.41, 5.74) is 9.15. The van der Waals surface area contributed by atoms with Gasteiger partial charge >= 0.3 is 0 Å². The number of likely N-dealkylation sites (tertiary alicyclic amines) is 1. The van der Waals surface area contributed by atoms with Crippen LogP contribution in [0.3, 0.4) is 0 Å². The van der Waals surface area contributed by atoms with Gasteiger partial charge in [0.05, 0.1) is 17.8 Å². The molecule has 2 fully saturated rings. The van der Waals surface area contributed by atoms with Gasteiger partial charge in [-0.3, -0.25) is 14.3 Å². The molecule has 0 bridgehead atoms. The first-order chi connectivity index (χ1) is 23.1. The number of benzene rings is 2. The number of nitrogens with one attached hydrogen (secondary N) is 1. The van der Waals surface area contributed by atoms with Gasteiger partial charge in [-0.1, -0.05) is 65.7 Å². The standard InChI is InChI=1S/C39H50N6O2Si/c1-27(2)48(28(3)4,29(5)6)21-18-31-22-37(47)45(35-10-8-7-9-11-35)38-36(31)23-40-39(42-38)41-33-12-14-34(15-13-33)44-19-16-30(17-20-44)32-24-43(25-32)26-46/h7-15,22-23,27-30,32,46H,16-17,19-20,24-26H2,1-6H3,(H,40,41,42). The first-order valence-electron chi connectivity index (χ1n) is 17.6. The number of aliphatic hydroxyl groups is 1. The number of fused-ring (bicyclic) bond motifs is 1. The molecular weight excluding hydrogens is 613 g/mol. The zero-order chi connectivity index (χ0) is 34.0. The number of hydrogen-bond donors (Lipinski definition) is 2. The van der Waals surface area contributed by atoms with Gasteiger partial charge in [-0.15, -0.1) is 5.54 Å². The molecule has 0 saturated carbocycles. The maximum atomic E-state index is 13.8. The minimum atomic E-state index is -2.02. The van der Waals surface area contributed by atoms with Crippen LogP contribution in [-0.2, 0) is 0 Å². The third kappa shape index (κ3) is 6.66. The second kappa shape index (κ2) is 14.3. The van der Waals surface area contributed by atoms with Crippen LogP contribution in [0.2, 0.25) is 16.6 Å². The third-order valence-electron chi connectivity index (χ3n) is 10.9. The lowest BCUT2D eigenvalue weighted by atomic mass is 9.80. The Hall–Kier alpha value is -3.97. The number of piperidine rings is 1. The number of para-hydroxylation sites is 1. The van der Waals surface area contributed by atoms with Gasteiger partial charge in [-0.25, -0.2) is 4.98 Å². The summed E-state index contributed by atoms with van der Waals surface area (Å²) in [4.78, 5) is 28.0. The first-order valence-corrected chi connectivity index (χ1v) is 19.8. The summed E-state index contributed by atoms with van der Waals surface area (Å²) in [7, 11) is -2.02. The van der Waals surface area contributed by atoms with Gasteiger partial charge in [0.1, 0.15) is 8.07 Å². The van der Waals surface area contributed by atoms with E-state index in [4.69, 9.17) is 9.97 Å². The van der Waals surface area contributed by atoms with E-state index in [9.17, 15) is 9.90 Å². The summed E-state index contributed by atoms with van der Waals surface area (Å²) in [5.74, 6) is 5.41. The molecule has 9 heteroatoms. The zero-order valence-electron chi connectivity index (χ0n) is 29.3. The molecule has 8 nitrogen and oxygen atoms in total. The lowest BCUT2D eigenvalue weighted by molar-refractivity contribution is -0.0155. The van der Waals surface area contributed by atoms with E-state index >= 15 is 0 Å². The Labute approximate surface area is 286 Å². The summed E-state index contributed by atoms with van der Waals surface area (Å²) in [6.07, 6.45) is 4.19. The van der Waals surface area contributed by atoms with Crippen molar-refractivity contribution in [2.45, 2.75) is 71.0 Å². The average Bonchev–Trinajstić information content (AvgIpc) is 3.05. The summed E-state index contributed by atoms with van der Waals surface area (Å²) < 4.78 is 1.66. The largest absolute Gasteiger partial charge is 0.381 e. The van der Waals surface area contributed by atoms with Crippen molar-refractivity contribution in [3.8, 4) is 17.2 Å². The van der Waals surface area contributed by atoms with Gasteiger partial charge < -0.3 is 15.3 Å². The van der Waals surface area contributed by atoms with E-state index in [0.717, 1.165) is 54.8 Å². The molecule has 0 aliphatic carbocycles. The highest BCUT2D eigenvalue weighted by Gasteiger charge is 2.41. The Bertz CT molecular complexity index is 1810. The minimum Gasteiger partial charge on any atom is -0.381 e. The Morgan fingerprint density at radius 2 is 1.54 bits per heavy atom. The molecule has 4 aromatic rings. The summed E-state index contributed by atoms with van der Waals surface area (Å²) in [5, 5.41) is 13.5. The van der Waals surface area contributed by atoms with Crippen LogP contribution in [0.4, 0.5) is 17.3 Å². The lowest BCUT2D eigenvalue weighted by Gasteiger charge is -2.45. The van der Waals surface area contributed by atoms with E-state index in [2.05, 4.69) is 92.4 Å². The number of aliphatic hydroxyl groups excluding tert-OH is 1. The number of aromatic nitrogens is 3. The Morgan fingerprint density at radius 3 is 2.15 bits per heavy atom. The van der Waals surface area contributed by atoms with E-state index < -0.39 is 8.07 Å². The SMILES string of the molecule is CC(C)[Si](C#Cc1cc(=O)n(-c2ccccc2)c2nc(Nc3ccc(N4CCC(C5CN(CO)C5)CC4)cc3)ncc12)(C(C)C)C(C)C. The molecule has 0 amide bonds. The van der Waals surface area contributed by atoms with Crippen LogP contribution in [0.15, 0.2) is 71.7 Å². The zero-order valence-corrected chi connectivity index (χ0v) is 30.3. The molecule has 4 heterocycles. The highest BCUT2D eigenvalue weighted by atomic mass is 28.3. The van der Waals surface area contributed by atoms with Crippen molar-refractivity contribution in [3.05, 3.63) is 82.8 Å². The molecule has 0 unspecified atom stereocenters. The topological polar surface area (TPSA) is 86.5 Å². The van der Waals surface area contributed by atoms with Crippen molar-refractivity contribution < 1.29 is 5.11 Å². The fourth-order valence-electron chi connectivity index (χ4n) is 8.24. The molecule has 2 aromatic carbocycles. The van der Waals surface area contributed by atoms with Crippen molar-refractivity contribution >= 4 is 36.4 Å². The molecule has 0 atom stereocenters. The molecule has 2 saturated heterocycles. The van der Waals surface area contributed by atoms with Crippen LogP contribution in [-0.4, -0.2) is 65.5 Å². The smallest absolute Gasteiger partial charge is 0.258 e. The minimum absolute atomic E-state index is 0.162. The third-order valence-corrected chi connectivity index (χ3v) is 17.2. The number of nitrogens with zero attached hydrogens (tertiary/aromatic N) is 5. The molecule has 0 radical (unpaired) electrons. The first kappa shape index (κ1) is 33.9. The van der Waals surface area contributed by atoms with Gasteiger partial charge in [-0.05, 0) is 77.7 Å². The van der Waals surface area contributed by atoms with E-state index in [1.807, 2.05) is 30.3 Å². The fourth-order valence-corrected chi connectivity index (χ4v) is 13.5. The van der Waals surface area contributed by atoms with Crippen LogP contribution in [0.25, 0.3) is 16.7 Å². The molecule has 252 valence electrons. The van der Waals surface area contributed by atoms with Gasteiger partial charge in [0.2, 0.25) is 5.95 Å². The van der Waals surface area contributed by atoms with Crippen molar-refractivity contribution in [1.82, 2.24) is 19.4 Å². The van der Waals surface area contributed by atoms with Crippen LogP contribution in [0.5, 0.6) is 0 Å². The maximum absolute atomic E-state index is 13.8. The number of anilines is 3. The van der Waals surface area contributed by atoms with Crippen LogP contribution < -0.4 is 15.8 Å². The van der Waals surface area contributed by atoms with E-state index in [1.54, 1.807) is 16.8 Å². The summed E-state index contributed by atoms with van der Waals surface area (Å²) >= 11 is 0. The predicted octanol–water partition coefficient (Wildman–Crippen LogP) is 7.19. The van der Waals surface area contributed by atoms with Crippen molar-refractivity contribution in [2.75, 3.05) is 43.1 Å². The second-order valence-corrected chi connectivity index (χ2v) is 20.2. The predicted molar refractivity (Wildman–Crippen MR) is 200 cm³/mol. The maximum Gasteiger partial charge on any atom is 0.258 e. The lowest BCUT2D eigenvalue weighted by Crippen LogP contribution is -2.52. The van der Waals surface area contributed by atoms with Crippen LogP contribution in [0, 0.1) is 23.3 Å². The second-order valence-electron chi connectivity index (χ2n) is 14.6. The number of hydrogen-bond acceptors (Lipinski definition) is 7. The van der Waals surface area contributed by atoms with E-state index in [0.29, 0.717) is 33.8 Å². The van der Waals surface area contributed by atoms with E-state index in [-0.39, 0.29) is 12.3 Å². The summed E-state index contributed by atoms with van der Waals surface area (Å²) in [6, 6.07) is 19.7. The summed E-state index contributed by atoms with van der Waals surface area (Å²) in [6.45, 7) is 18.1. The molecular formula is C39H50N6O2Si. The molecule has 0 spiro atoms. The van der Waals surface area contributed by atoms with Crippen molar-refractivity contribution in [2.24, 2.45) is 11.8 Å². The highest BCUT2D eigenvalue weighted by molar-refractivity contribution is 6.90. The molecule has 2 aliphatic rings. The molecule has 2 N–H and O–H groups in total. The van der Waals surface area contributed by atoms with Gasteiger partial charge in [0.15, 0.2) is 5.65 Å². The molecule has 2 aromatic heterocycles. The van der Waals surface area contributed by atoms with Gasteiger partial charge in [-0.2, -0.15) is 4.98 Å². The number of pyridine rings is 1. The average molecular weight is 663 g/mol. The van der Waals surface area contributed by atoms with Crippen LogP contribution >= 0.6 is 0 Å².